The standard InChI is InChI=1S/C21H18F3N3O7/c1-12(19(29)26-16-11-13(27(31)32)7-8-17(16)33-2)34-20(30)14-5-3-4-6-15(14)25-10-9-18(28)21(22,23)24/h3-12,25H,1-2H3,(H,26,29)/b10-9+/t12-/m0/s1. The fourth-order valence-corrected chi connectivity index (χ4v) is 2.51. The molecular formula is C21H18F3N3O7. The maximum absolute atomic E-state index is 12.5. The van der Waals surface area contributed by atoms with Crippen LogP contribution in [0.25, 0.3) is 0 Å². The average molecular weight is 481 g/mol. The van der Waals surface area contributed by atoms with Crippen LogP contribution in [-0.2, 0) is 14.3 Å². The Labute approximate surface area is 190 Å². The van der Waals surface area contributed by atoms with E-state index in [-0.39, 0.29) is 34.5 Å². The fraction of sp³-hybridized carbons (Fsp3) is 0.190. The van der Waals surface area contributed by atoms with Crippen LogP contribution in [0.4, 0.5) is 30.2 Å². The van der Waals surface area contributed by atoms with E-state index in [1.54, 1.807) is 0 Å². The van der Waals surface area contributed by atoms with Gasteiger partial charge in [0.25, 0.3) is 17.4 Å². The molecule has 2 aromatic carbocycles. The van der Waals surface area contributed by atoms with Gasteiger partial charge in [-0.15, -0.1) is 0 Å². The second kappa shape index (κ2) is 10.9. The monoisotopic (exact) mass is 481 g/mol. The minimum Gasteiger partial charge on any atom is -0.495 e. The Morgan fingerprint density at radius 3 is 2.41 bits per heavy atom. The Morgan fingerprint density at radius 1 is 1.12 bits per heavy atom. The zero-order chi connectivity index (χ0) is 25.5. The van der Waals surface area contributed by atoms with E-state index in [1.165, 1.54) is 50.4 Å². The van der Waals surface area contributed by atoms with E-state index in [0.717, 1.165) is 6.07 Å². The number of halogens is 3. The molecule has 13 heteroatoms. The van der Waals surface area contributed by atoms with E-state index in [2.05, 4.69) is 10.6 Å². The van der Waals surface area contributed by atoms with Gasteiger partial charge in [-0.25, -0.2) is 4.79 Å². The number of benzene rings is 2. The van der Waals surface area contributed by atoms with Gasteiger partial charge in [0.05, 0.1) is 29.0 Å². The molecule has 0 aromatic heterocycles. The summed E-state index contributed by atoms with van der Waals surface area (Å²) in [4.78, 5) is 46.2. The molecule has 0 saturated carbocycles. The van der Waals surface area contributed by atoms with Gasteiger partial charge in [0.1, 0.15) is 5.75 Å². The molecule has 0 radical (unpaired) electrons. The molecule has 0 aliphatic rings. The smallest absolute Gasteiger partial charge is 0.454 e. The summed E-state index contributed by atoms with van der Waals surface area (Å²) in [6.45, 7) is 1.25. The molecular weight excluding hydrogens is 463 g/mol. The Morgan fingerprint density at radius 2 is 1.79 bits per heavy atom. The van der Waals surface area contributed by atoms with Crippen molar-refractivity contribution >= 4 is 34.7 Å². The van der Waals surface area contributed by atoms with Gasteiger partial charge in [-0.05, 0) is 25.1 Å². The second-order valence-electron chi connectivity index (χ2n) is 6.56. The summed E-state index contributed by atoms with van der Waals surface area (Å²) in [6.07, 6.45) is -5.44. The van der Waals surface area contributed by atoms with Crippen LogP contribution in [0, 0.1) is 10.1 Å². The number of carbonyl (C=O) groups is 3. The summed E-state index contributed by atoms with van der Waals surface area (Å²) in [5.74, 6) is -3.78. The van der Waals surface area contributed by atoms with Crippen LogP contribution < -0.4 is 15.4 Å². The first-order valence-electron chi connectivity index (χ1n) is 9.41. The van der Waals surface area contributed by atoms with Crippen molar-refractivity contribution in [1.29, 1.82) is 0 Å². The molecule has 1 atom stereocenters. The number of allylic oxidation sites excluding steroid dienone is 1. The third-order valence-corrected chi connectivity index (χ3v) is 4.20. The zero-order valence-electron chi connectivity index (χ0n) is 17.7. The molecule has 2 rings (SSSR count). The van der Waals surface area contributed by atoms with E-state index in [9.17, 15) is 37.7 Å². The maximum atomic E-state index is 12.5. The Kier molecular flexibility index (Phi) is 8.31. The van der Waals surface area contributed by atoms with Crippen molar-refractivity contribution in [2.24, 2.45) is 0 Å². The normalized spacial score (nSPS) is 12.0. The average Bonchev–Trinajstić information content (AvgIpc) is 2.78. The van der Waals surface area contributed by atoms with Crippen LogP contribution in [0.5, 0.6) is 5.75 Å². The lowest BCUT2D eigenvalue weighted by molar-refractivity contribution is -0.384. The number of ketones is 1. The number of amides is 1. The minimum absolute atomic E-state index is 0.0201. The summed E-state index contributed by atoms with van der Waals surface area (Å²) in [7, 11) is 1.29. The van der Waals surface area contributed by atoms with Crippen LogP contribution in [0.3, 0.4) is 0 Å². The van der Waals surface area contributed by atoms with Crippen molar-refractivity contribution in [2.75, 3.05) is 17.7 Å². The van der Waals surface area contributed by atoms with Gasteiger partial charge < -0.3 is 20.1 Å². The number of ether oxygens (including phenoxy) is 2. The quantitative estimate of drug-likeness (QED) is 0.239. The molecule has 10 nitrogen and oxygen atoms in total. The highest BCUT2D eigenvalue weighted by molar-refractivity contribution is 6.00. The number of alkyl halides is 3. The van der Waals surface area contributed by atoms with Crippen LogP contribution >= 0.6 is 0 Å². The van der Waals surface area contributed by atoms with Crippen LogP contribution in [0.15, 0.2) is 54.7 Å². The van der Waals surface area contributed by atoms with Crippen molar-refractivity contribution in [1.82, 2.24) is 0 Å². The summed E-state index contributed by atoms with van der Waals surface area (Å²) >= 11 is 0. The number of anilines is 2. The number of rotatable bonds is 9. The number of nitro groups is 1. The van der Waals surface area contributed by atoms with Gasteiger partial charge in [0.2, 0.25) is 0 Å². The highest BCUT2D eigenvalue weighted by Crippen LogP contribution is 2.29. The number of hydrogen-bond donors (Lipinski definition) is 2. The first-order chi connectivity index (χ1) is 15.9. The molecule has 0 saturated heterocycles. The van der Waals surface area contributed by atoms with E-state index in [1.807, 2.05) is 0 Å². The van der Waals surface area contributed by atoms with Crippen LogP contribution in [0.2, 0.25) is 0 Å². The van der Waals surface area contributed by atoms with Gasteiger partial charge in [-0.3, -0.25) is 19.7 Å². The lowest BCUT2D eigenvalue weighted by atomic mass is 10.1. The van der Waals surface area contributed by atoms with Crippen molar-refractivity contribution < 1.29 is 42.0 Å². The molecule has 0 spiro atoms. The van der Waals surface area contributed by atoms with E-state index < -0.39 is 34.9 Å². The van der Waals surface area contributed by atoms with Gasteiger partial charge in [-0.2, -0.15) is 13.2 Å². The van der Waals surface area contributed by atoms with Gasteiger partial charge in [0, 0.05) is 24.4 Å². The molecule has 2 N–H and O–H groups in total. The number of hydrogen-bond acceptors (Lipinski definition) is 8. The van der Waals surface area contributed by atoms with Gasteiger partial charge in [0.15, 0.2) is 6.10 Å². The summed E-state index contributed by atoms with van der Waals surface area (Å²) in [5, 5.41) is 15.7. The number of nitrogens with zero attached hydrogens (tertiary/aromatic N) is 1. The minimum atomic E-state index is -5.04. The molecule has 0 aliphatic carbocycles. The number of carbonyl (C=O) groups excluding carboxylic acids is 3. The Bertz CT molecular complexity index is 1130. The van der Waals surface area contributed by atoms with Crippen molar-refractivity contribution in [3.05, 3.63) is 70.4 Å². The zero-order valence-corrected chi connectivity index (χ0v) is 17.7. The number of non-ortho nitro benzene ring substituents is 1. The SMILES string of the molecule is COc1ccc([N+](=O)[O-])cc1NC(=O)[C@H](C)OC(=O)c1ccccc1N/C=C/C(=O)C(F)(F)F. The molecule has 0 bridgehead atoms. The van der Waals surface area contributed by atoms with E-state index in [4.69, 9.17) is 9.47 Å². The Hall–Kier alpha value is -4.42. The molecule has 0 unspecified atom stereocenters. The van der Waals surface area contributed by atoms with Crippen molar-refractivity contribution in [3.63, 3.8) is 0 Å². The number of esters is 1. The predicted molar refractivity (Wildman–Crippen MR) is 113 cm³/mol. The summed E-state index contributed by atoms with van der Waals surface area (Å²) in [6, 6.07) is 9.09. The molecule has 0 heterocycles. The molecule has 1 amide bonds. The van der Waals surface area contributed by atoms with Crippen LogP contribution in [0.1, 0.15) is 17.3 Å². The van der Waals surface area contributed by atoms with Crippen LogP contribution in [-0.4, -0.2) is 42.0 Å². The predicted octanol–water partition coefficient (Wildman–Crippen LogP) is 3.84. The molecule has 0 aliphatic heterocycles. The largest absolute Gasteiger partial charge is 0.495 e. The van der Waals surface area contributed by atoms with E-state index in [0.29, 0.717) is 6.20 Å². The highest BCUT2D eigenvalue weighted by atomic mass is 19.4. The second-order valence-corrected chi connectivity index (χ2v) is 6.56. The molecule has 2 aromatic rings. The molecule has 0 fully saturated rings. The topological polar surface area (TPSA) is 137 Å². The number of nitrogens with one attached hydrogen (secondary N) is 2. The third kappa shape index (κ3) is 6.79. The summed E-state index contributed by atoms with van der Waals surface area (Å²) < 4.78 is 47.0. The summed E-state index contributed by atoms with van der Waals surface area (Å²) in [5.41, 5.74) is -0.435. The third-order valence-electron chi connectivity index (χ3n) is 4.20. The van der Waals surface area contributed by atoms with E-state index >= 15 is 0 Å². The van der Waals surface area contributed by atoms with Crippen molar-refractivity contribution in [2.45, 2.75) is 19.2 Å². The van der Waals surface area contributed by atoms with Crippen molar-refractivity contribution in [3.8, 4) is 5.75 Å². The first kappa shape index (κ1) is 25.8. The molecule has 180 valence electrons. The van der Waals surface area contributed by atoms with Gasteiger partial charge in [-0.1, -0.05) is 12.1 Å². The fourth-order valence-electron chi connectivity index (χ4n) is 2.51. The first-order valence-corrected chi connectivity index (χ1v) is 9.41. The van der Waals surface area contributed by atoms with Gasteiger partial charge >= 0.3 is 12.1 Å². The number of methoxy groups -OCH3 is 1. The maximum Gasteiger partial charge on any atom is 0.454 e. The lowest BCUT2D eigenvalue weighted by Gasteiger charge is -2.16. The number of para-hydroxylation sites is 1. The lowest BCUT2D eigenvalue weighted by Crippen LogP contribution is -2.30. The number of nitro benzene ring substituents is 1. The Balaban J connectivity index is 2.11. The molecule has 34 heavy (non-hydrogen) atoms. The highest BCUT2D eigenvalue weighted by Gasteiger charge is 2.36.